The van der Waals surface area contributed by atoms with Gasteiger partial charge >= 0.3 is 0 Å². The average Bonchev–Trinajstić information content (AvgIpc) is 3.19. The third-order valence-corrected chi connectivity index (χ3v) is 4.75. The highest BCUT2D eigenvalue weighted by Crippen LogP contribution is 2.38. The second kappa shape index (κ2) is 5.76. The number of para-hydroxylation sites is 1. The Morgan fingerprint density at radius 1 is 0.958 bits per heavy atom. The molecule has 0 aliphatic carbocycles. The van der Waals surface area contributed by atoms with Crippen molar-refractivity contribution in [2.75, 3.05) is 20.3 Å². The fourth-order valence-electron chi connectivity index (χ4n) is 3.58. The summed E-state index contributed by atoms with van der Waals surface area (Å²) in [6.45, 7) is 0.798. The Bertz CT molecular complexity index is 782. The van der Waals surface area contributed by atoms with Gasteiger partial charge in [0.15, 0.2) is 0 Å². The minimum Gasteiger partial charge on any atom is -0.496 e. The Labute approximate surface area is 139 Å². The molecule has 1 fully saturated rings. The van der Waals surface area contributed by atoms with Crippen LogP contribution >= 0.6 is 0 Å². The van der Waals surface area contributed by atoms with Gasteiger partial charge in [-0.2, -0.15) is 0 Å². The Morgan fingerprint density at radius 3 is 2.25 bits per heavy atom. The molecule has 2 heterocycles. The van der Waals surface area contributed by atoms with Crippen LogP contribution in [0.3, 0.4) is 0 Å². The quantitative estimate of drug-likeness (QED) is 0.814. The summed E-state index contributed by atoms with van der Waals surface area (Å²) in [6, 6.07) is 14.3. The number of amides is 2. The number of nitrogens with zero attached hydrogens (tertiary/aromatic N) is 1. The molecule has 1 saturated heterocycles. The average molecular weight is 323 g/mol. The van der Waals surface area contributed by atoms with E-state index in [0.717, 1.165) is 11.3 Å². The molecule has 0 saturated carbocycles. The van der Waals surface area contributed by atoms with Gasteiger partial charge in [-0.15, -0.1) is 0 Å². The monoisotopic (exact) mass is 323 g/mol. The number of hydrogen-bond acceptors (Lipinski definition) is 4. The van der Waals surface area contributed by atoms with E-state index < -0.39 is 0 Å². The van der Waals surface area contributed by atoms with Crippen LogP contribution in [-0.4, -0.2) is 43.1 Å². The molecular formula is C19H17NO4. The molecule has 2 atom stereocenters. The standard InChI is InChI=1S/C19H17NO4/c1-23-17-9-5-4-6-12(17)15-10-24-11-16(15)20-18(21)13-7-2-3-8-14(13)19(20)22/h2-9,15-16H,10-11H2,1H3/t15-,16+/m1/s1. The third kappa shape index (κ3) is 2.12. The summed E-state index contributed by atoms with van der Waals surface area (Å²) in [5.74, 6) is 0.162. The molecule has 2 aromatic rings. The highest BCUT2D eigenvalue weighted by atomic mass is 16.5. The molecule has 0 unspecified atom stereocenters. The van der Waals surface area contributed by atoms with Crippen LogP contribution in [-0.2, 0) is 4.74 Å². The predicted molar refractivity (Wildman–Crippen MR) is 87.3 cm³/mol. The molecule has 5 nitrogen and oxygen atoms in total. The number of carbonyl (C=O) groups excluding carboxylic acids is 2. The summed E-state index contributed by atoms with van der Waals surface area (Å²) < 4.78 is 11.1. The van der Waals surface area contributed by atoms with Crippen molar-refractivity contribution < 1.29 is 19.1 Å². The first kappa shape index (κ1) is 14.9. The van der Waals surface area contributed by atoms with Crippen molar-refractivity contribution in [3.8, 4) is 5.75 Å². The van der Waals surface area contributed by atoms with Crippen LogP contribution in [0, 0.1) is 0 Å². The number of rotatable bonds is 3. The van der Waals surface area contributed by atoms with Crippen LogP contribution in [0.4, 0.5) is 0 Å². The first-order valence-electron chi connectivity index (χ1n) is 7.90. The van der Waals surface area contributed by atoms with Crippen molar-refractivity contribution in [3.63, 3.8) is 0 Å². The number of fused-ring (bicyclic) bond motifs is 1. The molecular weight excluding hydrogens is 306 g/mol. The van der Waals surface area contributed by atoms with Crippen molar-refractivity contribution in [3.05, 3.63) is 65.2 Å². The summed E-state index contributed by atoms with van der Waals surface area (Å²) in [5.41, 5.74) is 1.89. The van der Waals surface area contributed by atoms with Crippen LogP contribution in [0.15, 0.2) is 48.5 Å². The fourth-order valence-corrected chi connectivity index (χ4v) is 3.58. The van der Waals surface area contributed by atoms with E-state index in [1.807, 2.05) is 24.3 Å². The summed E-state index contributed by atoms with van der Waals surface area (Å²) >= 11 is 0. The predicted octanol–water partition coefficient (Wildman–Crippen LogP) is 2.47. The molecule has 0 N–H and O–H groups in total. The van der Waals surface area contributed by atoms with Crippen molar-refractivity contribution >= 4 is 11.8 Å². The van der Waals surface area contributed by atoms with Crippen molar-refractivity contribution in [1.29, 1.82) is 0 Å². The highest BCUT2D eigenvalue weighted by Gasteiger charge is 2.45. The SMILES string of the molecule is COc1ccccc1[C@H]1COC[C@@H]1N1C(=O)c2ccccc2C1=O. The molecule has 122 valence electrons. The topological polar surface area (TPSA) is 55.8 Å². The largest absolute Gasteiger partial charge is 0.496 e. The molecule has 0 aromatic heterocycles. The van der Waals surface area contributed by atoms with E-state index in [1.54, 1.807) is 31.4 Å². The maximum Gasteiger partial charge on any atom is 0.261 e. The van der Waals surface area contributed by atoms with Crippen LogP contribution in [0.2, 0.25) is 0 Å². The zero-order valence-corrected chi connectivity index (χ0v) is 13.3. The maximum atomic E-state index is 12.7. The van der Waals surface area contributed by atoms with Crippen molar-refractivity contribution in [1.82, 2.24) is 4.90 Å². The summed E-state index contributed by atoms with van der Waals surface area (Å²) in [4.78, 5) is 26.8. The van der Waals surface area contributed by atoms with Gasteiger partial charge in [-0.05, 0) is 18.2 Å². The van der Waals surface area contributed by atoms with Gasteiger partial charge < -0.3 is 9.47 Å². The first-order valence-corrected chi connectivity index (χ1v) is 7.90. The number of ether oxygens (including phenoxy) is 2. The lowest BCUT2D eigenvalue weighted by Gasteiger charge is -2.27. The maximum absolute atomic E-state index is 12.7. The van der Waals surface area contributed by atoms with Crippen LogP contribution in [0.1, 0.15) is 32.2 Å². The second-order valence-corrected chi connectivity index (χ2v) is 5.98. The van der Waals surface area contributed by atoms with Gasteiger partial charge in [0.05, 0.1) is 37.5 Å². The number of benzene rings is 2. The summed E-state index contributed by atoms with van der Waals surface area (Å²) in [7, 11) is 1.62. The number of hydrogen-bond donors (Lipinski definition) is 0. The van der Waals surface area contributed by atoms with Crippen LogP contribution in [0.25, 0.3) is 0 Å². The molecule has 5 heteroatoms. The zero-order valence-electron chi connectivity index (χ0n) is 13.3. The molecule has 2 aliphatic rings. The van der Waals surface area contributed by atoms with E-state index in [-0.39, 0.29) is 23.8 Å². The van der Waals surface area contributed by atoms with Crippen molar-refractivity contribution in [2.24, 2.45) is 0 Å². The second-order valence-electron chi connectivity index (χ2n) is 5.98. The normalized spacial score (nSPS) is 22.8. The van der Waals surface area contributed by atoms with Crippen LogP contribution in [0.5, 0.6) is 5.75 Å². The molecule has 0 bridgehead atoms. The molecule has 2 aromatic carbocycles. The van der Waals surface area contributed by atoms with E-state index >= 15 is 0 Å². The van der Waals surface area contributed by atoms with E-state index in [2.05, 4.69) is 0 Å². The Kier molecular flexibility index (Phi) is 3.58. The van der Waals surface area contributed by atoms with Crippen molar-refractivity contribution in [2.45, 2.75) is 12.0 Å². The number of carbonyl (C=O) groups is 2. The highest BCUT2D eigenvalue weighted by molar-refractivity contribution is 6.21. The van der Waals surface area contributed by atoms with Gasteiger partial charge in [-0.3, -0.25) is 14.5 Å². The number of methoxy groups -OCH3 is 1. The smallest absolute Gasteiger partial charge is 0.261 e. The minimum absolute atomic E-state index is 0.0941. The van der Waals surface area contributed by atoms with Crippen LogP contribution < -0.4 is 4.74 Å². The fraction of sp³-hybridized carbons (Fsp3) is 0.263. The van der Waals surface area contributed by atoms with Gasteiger partial charge in [0.2, 0.25) is 0 Å². The van der Waals surface area contributed by atoms with Gasteiger partial charge in [0.1, 0.15) is 5.75 Å². The zero-order chi connectivity index (χ0) is 16.7. The Balaban J connectivity index is 1.72. The van der Waals surface area contributed by atoms with E-state index in [4.69, 9.17) is 9.47 Å². The van der Waals surface area contributed by atoms with E-state index in [1.165, 1.54) is 4.90 Å². The van der Waals surface area contributed by atoms with Gasteiger partial charge in [0.25, 0.3) is 11.8 Å². The summed E-state index contributed by atoms with van der Waals surface area (Å²) in [6.07, 6.45) is 0. The van der Waals surface area contributed by atoms with E-state index in [0.29, 0.717) is 24.3 Å². The lowest BCUT2D eigenvalue weighted by molar-refractivity contribution is 0.0557. The molecule has 2 amide bonds. The third-order valence-electron chi connectivity index (χ3n) is 4.75. The lowest BCUT2D eigenvalue weighted by Crippen LogP contribution is -2.43. The van der Waals surface area contributed by atoms with Gasteiger partial charge in [-0.1, -0.05) is 30.3 Å². The van der Waals surface area contributed by atoms with Gasteiger partial charge in [-0.25, -0.2) is 0 Å². The summed E-state index contributed by atoms with van der Waals surface area (Å²) in [5, 5.41) is 0. The lowest BCUT2D eigenvalue weighted by atomic mass is 9.92. The number of imide groups is 1. The minimum atomic E-state index is -0.325. The molecule has 0 spiro atoms. The first-order chi connectivity index (χ1) is 11.7. The Morgan fingerprint density at radius 2 is 1.58 bits per heavy atom. The Hall–Kier alpha value is -2.66. The molecule has 0 radical (unpaired) electrons. The van der Waals surface area contributed by atoms with Gasteiger partial charge in [0, 0.05) is 11.5 Å². The molecule has 24 heavy (non-hydrogen) atoms. The molecule has 2 aliphatic heterocycles. The van der Waals surface area contributed by atoms with E-state index in [9.17, 15) is 9.59 Å². The molecule has 4 rings (SSSR count).